The molecule has 1 heterocycles. The van der Waals surface area contributed by atoms with Crippen molar-refractivity contribution in [3.8, 4) is 0 Å². The molecule has 0 spiro atoms. The predicted octanol–water partition coefficient (Wildman–Crippen LogP) is 2.80. The van der Waals surface area contributed by atoms with Gasteiger partial charge in [0.2, 0.25) is 26.0 Å². The van der Waals surface area contributed by atoms with E-state index < -0.39 is 32.0 Å². The van der Waals surface area contributed by atoms with E-state index in [4.69, 9.17) is 11.6 Å². The first-order valence-corrected chi connectivity index (χ1v) is 15.3. The Morgan fingerprint density at radius 2 is 1.42 bits per heavy atom. The number of hydrogen-bond donors (Lipinski definition) is 2. The molecule has 1 saturated heterocycles. The van der Waals surface area contributed by atoms with Gasteiger partial charge in [-0.1, -0.05) is 41.9 Å². The molecule has 202 valence electrons. The van der Waals surface area contributed by atoms with Crippen molar-refractivity contribution in [3.63, 3.8) is 0 Å². The molecule has 12 heteroatoms. The number of anilines is 1. The summed E-state index contributed by atoms with van der Waals surface area (Å²) in [5.74, 6) is -0.582. The molecule has 4 rings (SSSR count). The maximum atomic E-state index is 13.2. The number of sulfonamides is 2. The Balaban J connectivity index is 1.51. The van der Waals surface area contributed by atoms with Gasteiger partial charge in [0.15, 0.2) is 0 Å². The maximum absolute atomic E-state index is 13.2. The molecule has 1 amide bonds. The van der Waals surface area contributed by atoms with Crippen LogP contribution in [0.1, 0.15) is 5.56 Å². The molecule has 3 aromatic rings. The number of piperazine rings is 1. The molecule has 1 unspecified atom stereocenters. The monoisotopic (exact) mass is 576 g/mol. The summed E-state index contributed by atoms with van der Waals surface area (Å²) >= 11 is 5.88. The molecule has 1 aliphatic heterocycles. The second-order valence-electron chi connectivity index (χ2n) is 9.04. The van der Waals surface area contributed by atoms with Crippen LogP contribution >= 0.6 is 11.6 Å². The highest BCUT2D eigenvalue weighted by Gasteiger charge is 2.28. The minimum Gasteiger partial charge on any atom is -0.325 e. The molecule has 1 atom stereocenters. The van der Waals surface area contributed by atoms with E-state index in [1.165, 1.54) is 52.8 Å². The SMILES string of the molecule is CN1CCN(S(=O)(=O)c2ccc(NC(=O)C(Cc3ccccc3)NS(=O)(=O)c3ccc(Cl)cc3)cc2)CC1. The summed E-state index contributed by atoms with van der Waals surface area (Å²) in [4.78, 5) is 15.4. The summed E-state index contributed by atoms with van der Waals surface area (Å²) in [6.07, 6.45) is 0.107. The normalized spacial score (nSPS) is 16.2. The van der Waals surface area contributed by atoms with Crippen LogP contribution in [0, 0.1) is 0 Å². The Morgan fingerprint density at radius 3 is 2.03 bits per heavy atom. The molecule has 2 N–H and O–H groups in total. The molecule has 3 aromatic carbocycles. The fraction of sp³-hybridized carbons (Fsp3) is 0.269. The van der Waals surface area contributed by atoms with Gasteiger partial charge in [0.1, 0.15) is 6.04 Å². The molecule has 0 aliphatic carbocycles. The number of rotatable bonds is 9. The second kappa shape index (κ2) is 11.9. The smallest absolute Gasteiger partial charge is 0.243 e. The molecule has 1 fully saturated rings. The van der Waals surface area contributed by atoms with Crippen molar-refractivity contribution in [2.75, 3.05) is 38.5 Å². The summed E-state index contributed by atoms with van der Waals surface area (Å²) in [6, 6.07) is 19.4. The fourth-order valence-electron chi connectivity index (χ4n) is 4.02. The van der Waals surface area contributed by atoms with Crippen LogP contribution in [0.2, 0.25) is 5.02 Å². The zero-order chi connectivity index (χ0) is 27.3. The summed E-state index contributed by atoms with van der Waals surface area (Å²) in [7, 11) is -5.74. The molecular weight excluding hydrogens is 548 g/mol. The topological polar surface area (TPSA) is 116 Å². The van der Waals surface area contributed by atoms with Crippen LogP contribution in [-0.2, 0) is 31.3 Å². The van der Waals surface area contributed by atoms with Crippen LogP contribution < -0.4 is 10.0 Å². The maximum Gasteiger partial charge on any atom is 0.243 e. The Labute approximate surface area is 228 Å². The van der Waals surface area contributed by atoms with Crippen LogP contribution in [0.25, 0.3) is 0 Å². The highest BCUT2D eigenvalue weighted by molar-refractivity contribution is 7.89. The number of hydrogen-bond acceptors (Lipinski definition) is 6. The van der Waals surface area contributed by atoms with Crippen molar-refractivity contribution >= 4 is 43.2 Å². The van der Waals surface area contributed by atoms with E-state index in [0.29, 0.717) is 36.9 Å². The van der Waals surface area contributed by atoms with Gasteiger partial charge in [0, 0.05) is 36.9 Å². The van der Waals surface area contributed by atoms with Gasteiger partial charge in [0.05, 0.1) is 9.79 Å². The van der Waals surface area contributed by atoms with Gasteiger partial charge in [-0.3, -0.25) is 4.79 Å². The zero-order valence-electron chi connectivity index (χ0n) is 20.7. The van der Waals surface area contributed by atoms with Crippen molar-refractivity contribution in [1.29, 1.82) is 0 Å². The van der Waals surface area contributed by atoms with Crippen LogP contribution in [0.3, 0.4) is 0 Å². The van der Waals surface area contributed by atoms with Crippen molar-refractivity contribution in [2.24, 2.45) is 0 Å². The van der Waals surface area contributed by atoms with E-state index in [9.17, 15) is 21.6 Å². The zero-order valence-corrected chi connectivity index (χ0v) is 23.1. The van der Waals surface area contributed by atoms with Gasteiger partial charge in [-0.05, 0) is 67.6 Å². The Bertz CT molecular complexity index is 1460. The molecule has 9 nitrogen and oxygen atoms in total. The van der Waals surface area contributed by atoms with E-state index >= 15 is 0 Å². The van der Waals surface area contributed by atoms with E-state index in [1.807, 2.05) is 13.1 Å². The van der Waals surface area contributed by atoms with Crippen LogP contribution in [-0.4, -0.2) is 71.2 Å². The number of nitrogens with one attached hydrogen (secondary N) is 2. The number of halogens is 1. The minimum atomic E-state index is -4.03. The Morgan fingerprint density at radius 1 is 0.842 bits per heavy atom. The number of likely N-dealkylation sites (N-methyl/N-ethyl adjacent to an activating group) is 1. The molecule has 1 aliphatic rings. The lowest BCUT2D eigenvalue weighted by atomic mass is 10.1. The second-order valence-corrected chi connectivity index (χ2v) is 13.1. The highest BCUT2D eigenvalue weighted by atomic mass is 35.5. The highest BCUT2D eigenvalue weighted by Crippen LogP contribution is 2.21. The molecule has 38 heavy (non-hydrogen) atoms. The molecular formula is C26H29ClN4O5S2. The van der Waals surface area contributed by atoms with Gasteiger partial charge in [-0.15, -0.1) is 0 Å². The summed E-state index contributed by atoms with van der Waals surface area (Å²) < 4.78 is 55.9. The van der Waals surface area contributed by atoms with Crippen LogP contribution in [0.15, 0.2) is 88.7 Å². The third-order valence-corrected chi connectivity index (χ3v) is 9.89. The predicted molar refractivity (Wildman–Crippen MR) is 147 cm³/mol. The van der Waals surface area contributed by atoms with Crippen LogP contribution in [0.4, 0.5) is 5.69 Å². The first kappa shape index (κ1) is 28.2. The third kappa shape index (κ3) is 6.99. The largest absolute Gasteiger partial charge is 0.325 e. The van der Waals surface area contributed by atoms with E-state index in [0.717, 1.165) is 5.56 Å². The molecule has 0 saturated carbocycles. The molecule has 0 radical (unpaired) electrons. The quantitative estimate of drug-likeness (QED) is 0.405. The van der Waals surface area contributed by atoms with Crippen LogP contribution in [0.5, 0.6) is 0 Å². The van der Waals surface area contributed by atoms with Crippen molar-refractivity contribution in [3.05, 3.63) is 89.4 Å². The lowest BCUT2D eigenvalue weighted by Crippen LogP contribution is -2.47. The van der Waals surface area contributed by atoms with E-state index in [-0.39, 0.29) is 16.2 Å². The number of nitrogens with zero attached hydrogens (tertiary/aromatic N) is 2. The Kier molecular flexibility index (Phi) is 8.86. The van der Waals surface area contributed by atoms with E-state index in [2.05, 4.69) is 14.9 Å². The number of amides is 1. The molecule has 0 aromatic heterocycles. The number of carbonyl (C=O) groups excluding carboxylic acids is 1. The Hall–Kier alpha value is -2.80. The minimum absolute atomic E-state index is 0.0220. The van der Waals surface area contributed by atoms with Gasteiger partial charge in [0.25, 0.3) is 0 Å². The standard InChI is InChI=1S/C26H29ClN4O5S2/c1-30-15-17-31(18-16-30)38(35,36)24-13-9-22(10-14-24)28-26(32)25(19-20-5-3-2-4-6-20)29-37(33,34)23-11-7-21(27)8-12-23/h2-14,25,29H,15-19H2,1H3,(H,28,32). The first-order chi connectivity index (χ1) is 18.0. The lowest BCUT2D eigenvalue weighted by molar-refractivity contribution is -0.117. The summed E-state index contributed by atoms with van der Waals surface area (Å²) in [5, 5.41) is 3.10. The van der Waals surface area contributed by atoms with Crippen molar-refractivity contribution in [1.82, 2.24) is 13.9 Å². The average molecular weight is 577 g/mol. The third-order valence-electron chi connectivity index (χ3n) is 6.24. The first-order valence-electron chi connectivity index (χ1n) is 12.0. The number of benzene rings is 3. The summed E-state index contributed by atoms with van der Waals surface area (Å²) in [5.41, 5.74) is 1.11. The number of carbonyl (C=O) groups is 1. The van der Waals surface area contributed by atoms with E-state index in [1.54, 1.807) is 24.3 Å². The average Bonchev–Trinajstić information content (AvgIpc) is 2.89. The van der Waals surface area contributed by atoms with Gasteiger partial charge >= 0.3 is 0 Å². The van der Waals surface area contributed by atoms with Gasteiger partial charge < -0.3 is 10.2 Å². The van der Waals surface area contributed by atoms with Crippen molar-refractivity contribution < 1.29 is 21.6 Å². The van der Waals surface area contributed by atoms with Gasteiger partial charge in [-0.2, -0.15) is 9.03 Å². The summed E-state index contributed by atoms with van der Waals surface area (Å²) in [6.45, 7) is 2.13. The van der Waals surface area contributed by atoms with Crippen molar-refractivity contribution in [2.45, 2.75) is 22.3 Å². The van der Waals surface area contributed by atoms with Gasteiger partial charge in [-0.25, -0.2) is 16.8 Å². The fourth-order valence-corrected chi connectivity index (χ4v) is 6.77. The molecule has 0 bridgehead atoms. The lowest BCUT2D eigenvalue weighted by Gasteiger charge is -2.31.